The Bertz CT molecular complexity index is 1540. The molecule has 200 valence electrons. The summed E-state index contributed by atoms with van der Waals surface area (Å²) in [5, 5.41) is 11.4. The van der Waals surface area contributed by atoms with Crippen LogP contribution in [0.25, 0.3) is 11.3 Å². The van der Waals surface area contributed by atoms with E-state index in [0.29, 0.717) is 16.3 Å². The summed E-state index contributed by atoms with van der Waals surface area (Å²) in [5.74, 6) is -2.70. The van der Waals surface area contributed by atoms with Crippen molar-refractivity contribution < 1.29 is 35.9 Å². The first-order valence-electron chi connectivity index (χ1n) is 10.6. The molecular weight excluding hydrogens is 544 g/mol. The van der Waals surface area contributed by atoms with Gasteiger partial charge in [0.1, 0.15) is 11.7 Å². The molecule has 9 nitrogen and oxygen atoms in total. The molecule has 0 aliphatic carbocycles. The molecule has 0 aromatic carbocycles. The van der Waals surface area contributed by atoms with Gasteiger partial charge in [-0.25, -0.2) is 14.2 Å². The van der Waals surface area contributed by atoms with Crippen LogP contribution in [0.1, 0.15) is 39.2 Å². The first kappa shape index (κ1) is 26.9. The second-order valence-corrected chi connectivity index (χ2v) is 8.45. The topological polar surface area (TPSA) is 106 Å². The third-order valence-electron chi connectivity index (χ3n) is 5.34. The van der Waals surface area contributed by atoms with Gasteiger partial charge in [0.2, 0.25) is 0 Å². The summed E-state index contributed by atoms with van der Waals surface area (Å²) in [6.45, 7) is 2.17. The van der Waals surface area contributed by atoms with Crippen LogP contribution in [0.15, 0.2) is 42.7 Å². The highest BCUT2D eigenvalue weighted by Gasteiger charge is 2.39. The van der Waals surface area contributed by atoms with Gasteiger partial charge in [0.25, 0.3) is 11.8 Å². The SMILES string of the molecule is Cc1cc2ccnn2c(C(=O)NC(C)C(F)(F)F)c1NC(=O)c1cc(C(F)(F)F)nn1-c1ncccc1Cl. The Morgan fingerprint density at radius 2 is 1.76 bits per heavy atom. The molecule has 4 aromatic rings. The summed E-state index contributed by atoms with van der Waals surface area (Å²) in [6, 6.07) is 3.87. The molecule has 4 rings (SSSR count). The molecule has 16 heteroatoms. The molecule has 2 amide bonds. The molecule has 2 N–H and O–H groups in total. The van der Waals surface area contributed by atoms with E-state index in [2.05, 4.69) is 20.5 Å². The van der Waals surface area contributed by atoms with Crippen molar-refractivity contribution >= 4 is 34.6 Å². The van der Waals surface area contributed by atoms with E-state index < -0.39 is 47.3 Å². The number of aromatic nitrogens is 5. The van der Waals surface area contributed by atoms with Crippen LogP contribution >= 0.6 is 11.6 Å². The number of fused-ring (bicyclic) bond motifs is 1. The van der Waals surface area contributed by atoms with Crippen LogP contribution in [-0.4, -0.2) is 48.4 Å². The standard InChI is InChI=1S/C22H16ClF6N7O2/c1-10-8-12-5-7-31-35(12)17(20(38)32-11(2)21(24,25)26)16(10)33-19(37)14-9-15(22(27,28)29)34-36(14)18-13(23)4-3-6-30-18/h3-9,11H,1-2H3,(H,32,38)(H,33,37). The molecule has 0 aliphatic rings. The van der Waals surface area contributed by atoms with Crippen LogP contribution in [0.2, 0.25) is 5.02 Å². The number of amides is 2. The van der Waals surface area contributed by atoms with Crippen molar-refractivity contribution in [3.05, 3.63) is 70.4 Å². The minimum Gasteiger partial charge on any atom is -0.339 e. The molecule has 38 heavy (non-hydrogen) atoms. The summed E-state index contributed by atoms with van der Waals surface area (Å²) < 4.78 is 81.3. The van der Waals surface area contributed by atoms with Crippen molar-refractivity contribution in [2.75, 3.05) is 5.32 Å². The Labute approximate surface area is 214 Å². The summed E-state index contributed by atoms with van der Waals surface area (Å²) in [7, 11) is 0. The summed E-state index contributed by atoms with van der Waals surface area (Å²) in [5.41, 5.74) is -2.32. The molecule has 4 aromatic heterocycles. The molecule has 0 bridgehead atoms. The Morgan fingerprint density at radius 3 is 2.39 bits per heavy atom. The van der Waals surface area contributed by atoms with E-state index in [-0.39, 0.29) is 22.1 Å². The number of hydrogen-bond acceptors (Lipinski definition) is 5. The fourth-order valence-corrected chi connectivity index (χ4v) is 3.67. The number of hydrogen-bond donors (Lipinski definition) is 2. The first-order chi connectivity index (χ1) is 17.7. The lowest BCUT2D eigenvalue weighted by atomic mass is 10.1. The molecule has 0 saturated carbocycles. The molecule has 4 heterocycles. The fourth-order valence-electron chi connectivity index (χ4n) is 3.46. The van der Waals surface area contributed by atoms with E-state index in [4.69, 9.17) is 11.6 Å². The van der Waals surface area contributed by atoms with Crippen LogP contribution in [-0.2, 0) is 6.18 Å². The molecule has 0 spiro atoms. The van der Waals surface area contributed by atoms with Gasteiger partial charge in [0.15, 0.2) is 17.2 Å². The van der Waals surface area contributed by atoms with E-state index >= 15 is 0 Å². The minimum absolute atomic E-state index is 0.117. The van der Waals surface area contributed by atoms with E-state index in [0.717, 1.165) is 11.4 Å². The van der Waals surface area contributed by atoms with Gasteiger partial charge in [-0.1, -0.05) is 11.6 Å². The van der Waals surface area contributed by atoms with Crippen LogP contribution in [0, 0.1) is 6.92 Å². The van der Waals surface area contributed by atoms with Crippen molar-refractivity contribution in [1.82, 2.24) is 29.7 Å². The minimum atomic E-state index is -4.94. The van der Waals surface area contributed by atoms with Crippen LogP contribution < -0.4 is 10.6 Å². The van der Waals surface area contributed by atoms with E-state index in [1.165, 1.54) is 43.6 Å². The molecule has 0 aliphatic heterocycles. The second-order valence-electron chi connectivity index (χ2n) is 8.04. The number of halogens is 7. The molecule has 0 fully saturated rings. The number of carbonyl (C=O) groups is 2. The number of nitrogens with zero attached hydrogens (tertiary/aromatic N) is 5. The van der Waals surface area contributed by atoms with Crippen LogP contribution in [0.4, 0.5) is 32.0 Å². The predicted molar refractivity (Wildman–Crippen MR) is 122 cm³/mol. The van der Waals surface area contributed by atoms with Gasteiger partial charge in [0, 0.05) is 12.3 Å². The quantitative estimate of drug-likeness (QED) is 0.341. The lowest BCUT2D eigenvalue weighted by molar-refractivity contribution is -0.149. The van der Waals surface area contributed by atoms with E-state index in [1.54, 1.807) is 5.32 Å². The average Bonchev–Trinajstić information content (AvgIpc) is 3.46. The number of carbonyl (C=O) groups excluding carboxylic acids is 2. The van der Waals surface area contributed by atoms with Crippen molar-refractivity contribution in [2.45, 2.75) is 32.2 Å². The lowest BCUT2D eigenvalue weighted by Crippen LogP contribution is -2.44. The molecular formula is C22H16ClF6N7O2. The molecule has 0 saturated heterocycles. The predicted octanol–water partition coefficient (Wildman–Crippen LogP) is 4.83. The highest BCUT2D eigenvalue weighted by molar-refractivity contribution is 6.32. The van der Waals surface area contributed by atoms with Gasteiger partial charge < -0.3 is 10.6 Å². The zero-order chi connectivity index (χ0) is 28.0. The average molecular weight is 560 g/mol. The maximum Gasteiger partial charge on any atom is 0.435 e. The normalized spacial score (nSPS) is 13.0. The van der Waals surface area contributed by atoms with Gasteiger partial charge >= 0.3 is 12.4 Å². The van der Waals surface area contributed by atoms with Crippen LogP contribution in [0.3, 0.4) is 0 Å². The number of anilines is 1. The van der Waals surface area contributed by atoms with Gasteiger partial charge in [-0.15, -0.1) is 0 Å². The third kappa shape index (κ3) is 5.14. The summed E-state index contributed by atoms with van der Waals surface area (Å²) in [6.07, 6.45) is -7.21. The number of alkyl halides is 6. The Morgan fingerprint density at radius 1 is 1.05 bits per heavy atom. The highest BCUT2D eigenvalue weighted by Crippen LogP contribution is 2.31. The summed E-state index contributed by atoms with van der Waals surface area (Å²) in [4.78, 5) is 30.1. The van der Waals surface area contributed by atoms with Crippen molar-refractivity contribution in [2.24, 2.45) is 0 Å². The molecule has 0 radical (unpaired) electrons. The number of rotatable bonds is 5. The van der Waals surface area contributed by atoms with Crippen molar-refractivity contribution in [1.29, 1.82) is 0 Å². The Hall–Kier alpha value is -4.14. The fraction of sp³-hybridized carbons (Fsp3) is 0.227. The lowest BCUT2D eigenvalue weighted by Gasteiger charge is -2.20. The zero-order valence-corrected chi connectivity index (χ0v) is 20.1. The maximum atomic E-state index is 13.5. The number of nitrogens with one attached hydrogen (secondary N) is 2. The number of aryl methyl sites for hydroxylation is 1. The largest absolute Gasteiger partial charge is 0.435 e. The first-order valence-corrected chi connectivity index (χ1v) is 11.0. The van der Waals surface area contributed by atoms with Gasteiger partial charge in [-0.05, 0) is 43.7 Å². The smallest absolute Gasteiger partial charge is 0.339 e. The summed E-state index contributed by atoms with van der Waals surface area (Å²) >= 11 is 6.06. The monoisotopic (exact) mass is 559 g/mol. The van der Waals surface area contributed by atoms with Crippen molar-refractivity contribution in [3.63, 3.8) is 0 Å². The zero-order valence-electron chi connectivity index (χ0n) is 19.3. The van der Waals surface area contributed by atoms with Crippen LogP contribution in [0.5, 0.6) is 0 Å². The number of pyridine rings is 2. The Kier molecular flexibility index (Phi) is 6.82. The maximum absolute atomic E-state index is 13.5. The molecule has 1 atom stereocenters. The van der Waals surface area contributed by atoms with E-state index in [9.17, 15) is 35.9 Å². The van der Waals surface area contributed by atoms with E-state index in [1.807, 2.05) is 0 Å². The van der Waals surface area contributed by atoms with Gasteiger partial charge in [0.05, 0.1) is 22.4 Å². The van der Waals surface area contributed by atoms with Gasteiger partial charge in [-0.3, -0.25) is 9.59 Å². The molecule has 1 unspecified atom stereocenters. The third-order valence-corrected chi connectivity index (χ3v) is 5.64. The van der Waals surface area contributed by atoms with Crippen molar-refractivity contribution in [3.8, 4) is 5.82 Å². The Balaban J connectivity index is 1.82. The highest BCUT2D eigenvalue weighted by atomic mass is 35.5. The second kappa shape index (κ2) is 9.63. The van der Waals surface area contributed by atoms with Gasteiger partial charge in [-0.2, -0.15) is 36.5 Å².